The first-order valence-corrected chi connectivity index (χ1v) is 6.29. The summed E-state index contributed by atoms with van der Waals surface area (Å²) in [7, 11) is 0. The molecule has 5 heteroatoms. The molecule has 0 saturated heterocycles. The second-order valence-electron chi connectivity index (χ2n) is 4.22. The van der Waals surface area contributed by atoms with E-state index in [9.17, 15) is 9.18 Å². The van der Waals surface area contributed by atoms with Crippen LogP contribution in [0.25, 0.3) is 0 Å². The van der Waals surface area contributed by atoms with Crippen molar-refractivity contribution >= 4 is 27.6 Å². The van der Waals surface area contributed by atoms with Gasteiger partial charge in [0.25, 0.3) is 0 Å². The first kappa shape index (κ1) is 12.4. The largest absolute Gasteiger partial charge is 0.462 e. The standard InChI is InChI=1S/C12H13BrFNO2/c13-9-6-10(14)11(15)5-8(9)12(16)17-4-3-7-1-2-7/h5-7H,1-4,15H2. The molecule has 0 heterocycles. The number of ether oxygens (including phenoxy) is 1. The Morgan fingerprint density at radius 1 is 1.53 bits per heavy atom. The summed E-state index contributed by atoms with van der Waals surface area (Å²) in [6.45, 7) is 0.410. The molecular weight excluding hydrogens is 289 g/mol. The molecule has 0 amide bonds. The molecule has 1 aromatic carbocycles. The molecule has 3 nitrogen and oxygen atoms in total. The summed E-state index contributed by atoms with van der Waals surface area (Å²) in [6.07, 6.45) is 3.36. The minimum Gasteiger partial charge on any atom is -0.462 e. The van der Waals surface area contributed by atoms with Gasteiger partial charge in [-0.05, 0) is 40.4 Å². The van der Waals surface area contributed by atoms with E-state index < -0.39 is 11.8 Å². The predicted octanol–water partition coefficient (Wildman–Crippen LogP) is 3.13. The third-order valence-electron chi connectivity index (χ3n) is 2.76. The first-order chi connectivity index (χ1) is 8.08. The molecule has 2 rings (SSSR count). The van der Waals surface area contributed by atoms with Crippen molar-refractivity contribution in [3.05, 3.63) is 28.0 Å². The van der Waals surface area contributed by atoms with Crippen LogP contribution in [0.1, 0.15) is 29.6 Å². The van der Waals surface area contributed by atoms with Gasteiger partial charge in [0.05, 0.1) is 17.9 Å². The van der Waals surface area contributed by atoms with Crippen molar-refractivity contribution < 1.29 is 13.9 Å². The second kappa shape index (κ2) is 5.04. The average Bonchev–Trinajstić information content (AvgIpc) is 3.07. The maximum Gasteiger partial charge on any atom is 0.339 e. The number of anilines is 1. The number of esters is 1. The third kappa shape index (κ3) is 3.19. The summed E-state index contributed by atoms with van der Waals surface area (Å²) in [5, 5.41) is 0. The topological polar surface area (TPSA) is 52.3 Å². The van der Waals surface area contributed by atoms with E-state index in [0.717, 1.165) is 6.42 Å². The highest BCUT2D eigenvalue weighted by atomic mass is 79.9. The Labute approximate surface area is 107 Å². The van der Waals surface area contributed by atoms with Gasteiger partial charge in [0, 0.05) is 4.47 Å². The molecule has 0 radical (unpaired) electrons. The van der Waals surface area contributed by atoms with Gasteiger partial charge in [-0.15, -0.1) is 0 Å². The Morgan fingerprint density at radius 3 is 2.88 bits per heavy atom. The minimum atomic E-state index is -0.550. The van der Waals surface area contributed by atoms with Crippen molar-refractivity contribution in [1.29, 1.82) is 0 Å². The predicted molar refractivity (Wildman–Crippen MR) is 66.1 cm³/mol. The lowest BCUT2D eigenvalue weighted by Crippen LogP contribution is -2.09. The Bertz CT molecular complexity index is 446. The van der Waals surface area contributed by atoms with E-state index in [0.29, 0.717) is 17.0 Å². The van der Waals surface area contributed by atoms with Crippen LogP contribution in [0.5, 0.6) is 0 Å². The van der Waals surface area contributed by atoms with Gasteiger partial charge < -0.3 is 10.5 Å². The Morgan fingerprint density at radius 2 is 2.24 bits per heavy atom. The van der Waals surface area contributed by atoms with Crippen molar-refractivity contribution in [1.82, 2.24) is 0 Å². The van der Waals surface area contributed by atoms with Crippen molar-refractivity contribution in [3.63, 3.8) is 0 Å². The highest BCUT2D eigenvalue weighted by molar-refractivity contribution is 9.10. The summed E-state index contributed by atoms with van der Waals surface area (Å²) < 4.78 is 18.6. The summed E-state index contributed by atoms with van der Waals surface area (Å²) >= 11 is 3.12. The Hall–Kier alpha value is -1.10. The molecule has 0 bridgehead atoms. The molecule has 0 unspecified atom stereocenters. The number of hydrogen-bond acceptors (Lipinski definition) is 3. The fourth-order valence-corrected chi connectivity index (χ4v) is 2.00. The number of nitrogens with two attached hydrogens (primary N) is 1. The minimum absolute atomic E-state index is 0.0534. The monoisotopic (exact) mass is 301 g/mol. The van der Waals surface area contributed by atoms with E-state index in [4.69, 9.17) is 10.5 Å². The zero-order valence-corrected chi connectivity index (χ0v) is 10.8. The van der Waals surface area contributed by atoms with Gasteiger partial charge in [-0.1, -0.05) is 12.8 Å². The number of carbonyl (C=O) groups is 1. The van der Waals surface area contributed by atoms with Gasteiger partial charge in [0.2, 0.25) is 0 Å². The number of hydrogen-bond donors (Lipinski definition) is 1. The van der Waals surface area contributed by atoms with Gasteiger partial charge in [-0.3, -0.25) is 0 Å². The lowest BCUT2D eigenvalue weighted by atomic mass is 10.2. The van der Waals surface area contributed by atoms with Crippen molar-refractivity contribution in [2.75, 3.05) is 12.3 Å². The Balaban J connectivity index is 1.99. The normalized spacial score (nSPS) is 14.7. The highest BCUT2D eigenvalue weighted by Gasteiger charge is 2.22. The van der Waals surface area contributed by atoms with Crippen LogP contribution in [0.2, 0.25) is 0 Å². The maximum atomic E-state index is 13.1. The molecule has 0 aromatic heterocycles. The number of rotatable bonds is 4. The first-order valence-electron chi connectivity index (χ1n) is 5.49. The average molecular weight is 302 g/mol. The summed E-state index contributed by atoms with van der Waals surface area (Å²) in [6, 6.07) is 2.46. The number of halogens is 2. The van der Waals surface area contributed by atoms with Crippen LogP contribution in [-0.2, 0) is 4.74 Å². The maximum absolute atomic E-state index is 13.1. The molecule has 1 aromatic rings. The fraction of sp³-hybridized carbons (Fsp3) is 0.417. The molecule has 0 spiro atoms. The molecule has 92 valence electrons. The van der Waals surface area contributed by atoms with Crippen molar-refractivity contribution in [3.8, 4) is 0 Å². The molecule has 0 atom stereocenters. The number of carbonyl (C=O) groups excluding carboxylic acids is 1. The fourth-order valence-electron chi connectivity index (χ4n) is 1.52. The van der Waals surface area contributed by atoms with Crippen LogP contribution in [0.3, 0.4) is 0 Å². The van der Waals surface area contributed by atoms with Gasteiger partial charge in [0.1, 0.15) is 5.82 Å². The molecule has 17 heavy (non-hydrogen) atoms. The van der Waals surface area contributed by atoms with Crippen LogP contribution in [-0.4, -0.2) is 12.6 Å². The lowest BCUT2D eigenvalue weighted by molar-refractivity contribution is 0.0494. The summed E-state index contributed by atoms with van der Waals surface area (Å²) in [5.41, 5.74) is 5.62. The van der Waals surface area contributed by atoms with Crippen LogP contribution >= 0.6 is 15.9 Å². The van der Waals surface area contributed by atoms with E-state index in [2.05, 4.69) is 15.9 Å². The summed E-state index contributed by atoms with van der Waals surface area (Å²) in [5.74, 6) is -0.305. The molecule has 0 aliphatic heterocycles. The SMILES string of the molecule is Nc1cc(C(=O)OCCC2CC2)c(Br)cc1F. The zero-order chi connectivity index (χ0) is 12.4. The van der Waals surface area contributed by atoms with E-state index in [1.165, 1.54) is 25.0 Å². The molecule has 2 N–H and O–H groups in total. The van der Waals surface area contributed by atoms with Crippen LogP contribution in [0.4, 0.5) is 10.1 Å². The van der Waals surface area contributed by atoms with E-state index in [-0.39, 0.29) is 11.3 Å². The van der Waals surface area contributed by atoms with Gasteiger partial charge in [-0.2, -0.15) is 0 Å². The van der Waals surface area contributed by atoms with E-state index in [1.54, 1.807) is 0 Å². The zero-order valence-electron chi connectivity index (χ0n) is 9.21. The number of nitrogen functional groups attached to an aromatic ring is 1. The van der Waals surface area contributed by atoms with Gasteiger partial charge >= 0.3 is 5.97 Å². The summed E-state index contributed by atoms with van der Waals surface area (Å²) in [4.78, 5) is 11.7. The van der Waals surface area contributed by atoms with Gasteiger partial charge in [0.15, 0.2) is 0 Å². The van der Waals surface area contributed by atoms with Crippen molar-refractivity contribution in [2.24, 2.45) is 5.92 Å². The number of benzene rings is 1. The van der Waals surface area contributed by atoms with Crippen molar-refractivity contribution in [2.45, 2.75) is 19.3 Å². The van der Waals surface area contributed by atoms with E-state index in [1.807, 2.05) is 0 Å². The molecular formula is C12H13BrFNO2. The Kier molecular flexibility index (Phi) is 3.66. The van der Waals surface area contributed by atoms with E-state index >= 15 is 0 Å². The van der Waals surface area contributed by atoms with Crippen LogP contribution < -0.4 is 5.73 Å². The van der Waals surface area contributed by atoms with Crippen LogP contribution in [0, 0.1) is 11.7 Å². The second-order valence-corrected chi connectivity index (χ2v) is 5.08. The smallest absolute Gasteiger partial charge is 0.339 e. The molecule has 1 aliphatic carbocycles. The van der Waals surface area contributed by atoms with Gasteiger partial charge in [-0.25, -0.2) is 9.18 Å². The third-order valence-corrected chi connectivity index (χ3v) is 3.42. The highest BCUT2D eigenvalue weighted by Crippen LogP contribution is 2.32. The lowest BCUT2D eigenvalue weighted by Gasteiger charge is -2.07. The molecule has 1 fully saturated rings. The van der Waals surface area contributed by atoms with Crippen LogP contribution in [0.15, 0.2) is 16.6 Å². The molecule has 1 saturated carbocycles. The molecule has 1 aliphatic rings. The quantitative estimate of drug-likeness (QED) is 0.687.